The highest BCUT2D eigenvalue weighted by molar-refractivity contribution is 5.86. The van der Waals surface area contributed by atoms with Crippen molar-refractivity contribution in [1.82, 2.24) is 4.98 Å². The molecule has 0 saturated heterocycles. The van der Waals surface area contributed by atoms with Crippen molar-refractivity contribution in [2.45, 2.75) is 39.5 Å². The number of benzene rings is 2. The van der Waals surface area contributed by atoms with Crippen LogP contribution in [0.15, 0.2) is 48.7 Å². The molecule has 0 amide bonds. The molecule has 1 heteroatoms. The Balaban J connectivity index is 1.92. The molecule has 21 heavy (non-hydrogen) atoms. The van der Waals surface area contributed by atoms with Crippen molar-refractivity contribution < 1.29 is 0 Å². The molecule has 0 aliphatic rings. The average molecular weight is 277 g/mol. The molecule has 0 fully saturated rings. The van der Waals surface area contributed by atoms with Crippen LogP contribution in [0, 0.1) is 6.92 Å². The lowest BCUT2D eigenvalue weighted by molar-refractivity contribution is 0.590. The predicted molar refractivity (Wildman–Crippen MR) is 91.0 cm³/mol. The summed E-state index contributed by atoms with van der Waals surface area (Å²) in [5.74, 6) is 0. The average Bonchev–Trinajstić information content (AvgIpc) is 2.83. The van der Waals surface area contributed by atoms with E-state index in [4.69, 9.17) is 0 Å². The van der Waals surface area contributed by atoms with Crippen molar-refractivity contribution in [2.75, 3.05) is 0 Å². The van der Waals surface area contributed by atoms with E-state index in [0.29, 0.717) is 0 Å². The number of hydrogen-bond acceptors (Lipinski definition) is 0. The van der Waals surface area contributed by atoms with E-state index in [-0.39, 0.29) is 5.41 Å². The van der Waals surface area contributed by atoms with Gasteiger partial charge in [0, 0.05) is 17.1 Å². The fourth-order valence-electron chi connectivity index (χ4n) is 2.93. The zero-order valence-electron chi connectivity index (χ0n) is 13.3. The maximum atomic E-state index is 3.38. The minimum Gasteiger partial charge on any atom is -0.361 e. The van der Waals surface area contributed by atoms with Gasteiger partial charge < -0.3 is 4.98 Å². The maximum absolute atomic E-state index is 3.38. The third-order valence-corrected chi connectivity index (χ3v) is 4.21. The highest BCUT2D eigenvalue weighted by atomic mass is 14.7. The summed E-state index contributed by atoms with van der Waals surface area (Å²) in [4.78, 5) is 3.38. The highest BCUT2D eigenvalue weighted by Crippen LogP contribution is 2.26. The number of nitrogens with one attached hydrogen (secondary N) is 1. The molecule has 0 unspecified atom stereocenters. The lowest BCUT2D eigenvalue weighted by Gasteiger charge is -2.19. The Labute approximate surface area is 127 Å². The first kappa shape index (κ1) is 13.9. The van der Waals surface area contributed by atoms with Crippen LogP contribution in [0.5, 0.6) is 0 Å². The number of H-pyrrole nitrogens is 1. The Bertz CT molecular complexity index is 755. The normalized spacial score (nSPS) is 12.0. The van der Waals surface area contributed by atoms with Crippen molar-refractivity contribution in [1.29, 1.82) is 0 Å². The van der Waals surface area contributed by atoms with Crippen molar-refractivity contribution in [3.8, 4) is 0 Å². The van der Waals surface area contributed by atoms with Gasteiger partial charge in [0.05, 0.1) is 0 Å². The minimum atomic E-state index is 0.218. The van der Waals surface area contributed by atoms with E-state index in [1.807, 2.05) is 0 Å². The van der Waals surface area contributed by atoms with E-state index in [2.05, 4.69) is 81.3 Å². The molecule has 0 radical (unpaired) electrons. The summed E-state index contributed by atoms with van der Waals surface area (Å²) in [5, 5.41) is 1.37. The SMILES string of the molecule is Cc1cccc2[nH]cc(Cc3ccc(C(C)(C)C)cc3)c12. The van der Waals surface area contributed by atoms with E-state index in [1.165, 1.54) is 33.2 Å². The zero-order valence-corrected chi connectivity index (χ0v) is 13.3. The Morgan fingerprint density at radius 3 is 2.33 bits per heavy atom. The minimum absolute atomic E-state index is 0.218. The smallest absolute Gasteiger partial charge is 0.0459 e. The molecule has 108 valence electrons. The van der Waals surface area contributed by atoms with Crippen LogP contribution in [0.3, 0.4) is 0 Å². The molecular formula is C20H23N. The second-order valence-electron chi connectivity index (χ2n) is 6.94. The van der Waals surface area contributed by atoms with Crippen LogP contribution < -0.4 is 0 Å². The summed E-state index contributed by atoms with van der Waals surface area (Å²) >= 11 is 0. The van der Waals surface area contributed by atoms with Gasteiger partial charge in [0.1, 0.15) is 0 Å². The largest absolute Gasteiger partial charge is 0.361 e. The third-order valence-electron chi connectivity index (χ3n) is 4.21. The van der Waals surface area contributed by atoms with Gasteiger partial charge in [-0.25, -0.2) is 0 Å². The molecule has 0 atom stereocenters. The topological polar surface area (TPSA) is 15.8 Å². The number of rotatable bonds is 2. The van der Waals surface area contributed by atoms with E-state index in [9.17, 15) is 0 Å². The van der Waals surface area contributed by atoms with Gasteiger partial charge in [-0.1, -0.05) is 57.2 Å². The lowest BCUT2D eigenvalue weighted by atomic mass is 9.86. The standard InChI is InChI=1S/C20H23N/c1-14-6-5-7-18-19(14)16(13-21-18)12-15-8-10-17(11-9-15)20(2,3)4/h5-11,13,21H,12H2,1-4H3. The van der Waals surface area contributed by atoms with Gasteiger partial charge in [-0.2, -0.15) is 0 Å². The molecule has 1 aromatic heterocycles. The molecule has 0 bridgehead atoms. The van der Waals surface area contributed by atoms with Crippen LogP contribution in [-0.2, 0) is 11.8 Å². The van der Waals surface area contributed by atoms with Crippen molar-refractivity contribution in [2.24, 2.45) is 0 Å². The fraction of sp³-hybridized carbons (Fsp3) is 0.300. The van der Waals surface area contributed by atoms with E-state index in [1.54, 1.807) is 0 Å². The van der Waals surface area contributed by atoms with Gasteiger partial charge in [-0.3, -0.25) is 0 Å². The lowest BCUT2D eigenvalue weighted by Crippen LogP contribution is -2.10. The number of hydrogen-bond donors (Lipinski definition) is 1. The first-order valence-corrected chi connectivity index (χ1v) is 7.60. The van der Waals surface area contributed by atoms with Crippen molar-refractivity contribution in [3.05, 3.63) is 70.9 Å². The Kier molecular flexibility index (Phi) is 3.36. The Morgan fingerprint density at radius 2 is 1.67 bits per heavy atom. The van der Waals surface area contributed by atoms with Gasteiger partial charge in [0.2, 0.25) is 0 Å². The second kappa shape index (κ2) is 5.07. The van der Waals surface area contributed by atoms with Gasteiger partial charge in [0.25, 0.3) is 0 Å². The Morgan fingerprint density at radius 1 is 0.952 bits per heavy atom. The summed E-state index contributed by atoms with van der Waals surface area (Å²) in [6.45, 7) is 8.95. The number of fused-ring (bicyclic) bond motifs is 1. The maximum Gasteiger partial charge on any atom is 0.0459 e. The molecular weight excluding hydrogens is 254 g/mol. The fourth-order valence-corrected chi connectivity index (χ4v) is 2.93. The summed E-state index contributed by atoms with van der Waals surface area (Å²) in [5.41, 5.74) is 6.93. The van der Waals surface area contributed by atoms with Crippen LogP contribution in [-0.4, -0.2) is 4.98 Å². The van der Waals surface area contributed by atoms with Crippen LogP contribution in [0.4, 0.5) is 0 Å². The number of aryl methyl sites for hydroxylation is 1. The summed E-state index contributed by atoms with van der Waals surface area (Å²) in [6.07, 6.45) is 3.13. The molecule has 3 aromatic rings. The first-order valence-electron chi connectivity index (χ1n) is 7.60. The second-order valence-corrected chi connectivity index (χ2v) is 6.94. The molecule has 3 rings (SSSR count). The van der Waals surface area contributed by atoms with E-state index >= 15 is 0 Å². The van der Waals surface area contributed by atoms with E-state index < -0.39 is 0 Å². The monoisotopic (exact) mass is 277 g/mol. The van der Waals surface area contributed by atoms with Crippen LogP contribution in [0.25, 0.3) is 10.9 Å². The van der Waals surface area contributed by atoms with Gasteiger partial charge in [-0.15, -0.1) is 0 Å². The van der Waals surface area contributed by atoms with E-state index in [0.717, 1.165) is 6.42 Å². The quantitative estimate of drug-likeness (QED) is 0.648. The molecule has 0 spiro atoms. The van der Waals surface area contributed by atoms with Crippen molar-refractivity contribution >= 4 is 10.9 Å². The van der Waals surface area contributed by atoms with Crippen LogP contribution >= 0.6 is 0 Å². The van der Waals surface area contributed by atoms with Gasteiger partial charge in [0.15, 0.2) is 0 Å². The van der Waals surface area contributed by atoms with Gasteiger partial charge in [-0.05, 0) is 47.1 Å². The predicted octanol–water partition coefficient (Wildman–Crippen LogP) is 5.36. The molecule has 1 N–H and O–H groups in total. The molecule has 1 heterocycles. The van der Waals surface area contributed by atoms with Crippen LogP contribution in [0.2, 0.25) is 0 Å². The van der Waals surface area contributed by atoms with Gasteiger partial charge >= 0.3 is 0 Å². The molecule has 0 saturated carbocycles. The summed E-state index contributed by atoms with van der Waals surface area (Å²) < 4.78 is 0. The van der Waals surface area contributed by atoms with Crippen molar-refractivity contribution in [3.63, 3.8) is 0 Å². The molecule has 2 aromatic carbocycles. The van der Waals surface area contributed by atoms with Crippen LogP contribution in [0.1, 0.15) is 43.0 Å². The third kappa shape index (κ3) is 2.73. The molecule has 1 nitrogen and oxygen atoms in total. The molecule has 0 aliphatic heterocycles. The zero-order chi connectivity index (χ0) is 15.0. The summed E-state index contributed by atoms with van der Waals surface area (Å²) in [7, 11) is 0. The first-order chi connectivity index (χ1) is 9.95. The summed E-state index contributed by atoms with van der Waals surface area (Å²) in [6, 6.07) is 15.5. The Hall–Kier alpha value is -2.02. The number of aromatic nitrogens is 1. The highest BCUT2D eigenvalue weighted by Gasteiger charge is 2.13. The molecule has 0 aliphatic carbocycles. The number of aromatic amines is 1.